The Morgan fingerprint density at radius 2 is 1.90 bits per heavy atom. The van der Waals surface area contributed by atoms with E-state index in [1.807, 2.05) is 0 Å². The van der Waals surface area contributed by atoms with Gasteiger partial charge < -0.3 is 10.4 Å². The number of nitro groups is 1. The molecule has 0 spiro atoms. The van der Waals surface area contributed by atoms with Crippen molar-refractivity contribution in [3.8, 4) is 0 Å². The summed E-state index contributed by atoms with van der Waals surface area (Å²) in [7, 11) is 0. The molecular formula is C13H14N2O5. The third-order valence-electron chi connectivity index (χ3n) is 3.49. The molecule has 7 nitrogen and oxygen atoms in total. The van der Waals surface area contributed by atoms with Crippen LogP contribution in [0.15, 0.2) is 24.3 Å². The molecule has 1 fully saturated rings. The van der Waals surface area contributed by atoms with Crippen LogP contribution in [0.3, 0.4) is 0 Å². The molecule has 0 aromatic heterocycles. The predicted molar refractivity (Wildman–Crippen MR) is 69.3 cm³/mol. The maximum absolute atomic E-state index is 12.0. The molecular weight excluding hydrogens is 264 g/mol. The number of carbonyl (C=O) groups is 2. The van der Waals surface area contributed by atoms with Gasteiger partial charge in [-0.3, -0.25) is 19.7 Å². The molecule has 1 aliphatic carbocycles. The number of carboxylic acids is 1. The van der Waals surface area contributed by atoms with Gasteiger partial charge in [-0.2, -0.15) is 0 Å². The zero-order valence-electron chi connectivity index (χ0n) is 10.6. The first kappa shape index (κ1) is 14.0. The van der Waals surface area contributed by atoms with Gasteiger partial charge >= 0.3 is 5.97 Å². The molecule has 0 radical (unpaired) electrons. The van der Waals surface area contributed by atoms with Crippen molar-refractivity contribution in [3.63, 3.8) is 0 Å². The fourth-order valence-corrected chi connectivity index (χ4v) is 2.41. The monoisotopic (exact) mass is 278 g/mol. The quantitative estimate of drug-likeness (QED) is 0.641. The highest BCUT2D eigenvalue weighted by molar-refractivity contribution is 5.95. The molecule has 106 valence electrons. The molecule has 1 aliphatic rings. The normalized spacial score (nSPS) is 21.4. The second-order valence-corrected chi connectivity index (χ2v) is 4.76. The summed E-state index contributed by atoms with van der Waals surface area (Å²) in [4.78, 5) is 33.0. The first-order valence-corrected chi connectivity index (χ1v) is 6.27. The maximum atomic E-state index is 12.0. The number of nitro benzene ring substituents is 1. The van der Waals surface area contributed by atoms with E-state index in [0.717, 1.165) is 6.42 Å². The van der Waals surface area contributed by atoms with Crippen LogP contribution in [0, 0.1) is 16.0 Å². The van der Waals surface area contributed by atoms with Crippen molar-refractivity contribution in [1.82, 2.24) is 5.32 Å². The Morgan fingerprint density at radius 3 is 2.45 bits per heavy atom. The number of carbonyl (C=O) groups excluding carboxylic acids is 1. The van der Waals surface area contributed by atoms with Gasteiger partial charge in [-0.05, 0) is 25.0 Å². The Balaban J connectivity index is 2.04. The Hall–Kier alpha value is -2.44. The molecule has 2 N–H and O–H groups in total. The summed E-state index contributed by atoms with van der Waals surface area (Å²) in [5.41, 5.74) is 0.192. The molecule has 0 aliphatic heterocycles. The number of hydrogen-bond acceptors (Lipinski definition) is 4. The van der Waals surface area contributed by atoms with Gasteiger partial charge in [-0.1, -0.05) is 6.42 Å². The van der Waals surface area contributed by atoms with Crippen LogP contribution >= 0.6 is 0 Å². The van der Waals surface area contributed by atoms with Crippen molar-refractivity contribution in [2.45, 2.75) is 25.3 Å². The minimum atomic E-state index is -0.906. The van der Waals surface area contributed by atoms with Gasteiger partial charge in [-0.15, -0.1) is 0 Å². The minimum absolute atomic E-state index is 0.0918. The van der Waals surface area contributed by atoms with Crippen LogP contribution in [0.4, 0.5) is 5.69 Å². The third-order valence-corrected chi connectivity index (χ3v) is 3.49. The van der Waals surface area contributed by atoms with Gasteiger partial charge in [0, 0.05) is 23.7 Å². The first-order valence-electron chi connectivity index (χ1n) is 6.27. The zero-order valence-corrected chi connectivity index (χ0v) is 10.6. The summed E-state index contributed by atoms with van der Waals surface area (Å²) in [6.07, 6.45) is 1.96. The van der Waals surface area contributed by atoms with E-state index in [1.165, 1.54) is 24.3 Å². The SMILES string of the molecule is O=C(N[C@H]1CCC[C@H]1C(=O)O)c1ccc([N+](=O)[O-])cc1. The van der Waals surface area contributed by atoms with E-state index in [2.05, 4.69) is 5.32 Å². The number of nitrogens with zero attached hydrogens (tertiary/aromatic N) is 1. The Labute approximate surface area is 114 Å². The lowest BCUT2D eigenvalue weighted by molar-refractivity contribution is -0.384. The van der Waals surface area contributed by atoms with Crippen LogP contribution in [0.25, 0.3) is 0 Å². The molecule has 7 heteroatoms. The number of rotatable bonds is 4. The van der Waals surface area contributed by atoms with E-state index in [0.29, 0.717) is 12.8 Å². The van der Waals surface area contributed by atoms with E-state index < -0.39 is 22.7 Å². The minimum Gasteiger partial charge on any atom is -0.481 e. The second kappa shape index (κ2) is 5.68. The highest BCUT2D eigenvalue weighted by atomic mass is 16.6. The topological polar surface area (TPSA) is 110 Å². The van der Waals surface area contributed by atoms with Gasteiger partial charge in [0.1, 0.15) is 0 Å². The van der Waals surface area contributed by atoms with Gasteiger partial charge in [0.25, 0.3) is 11.6 Å². The van der Waals surface area contributed by atoms with Gasteiger partial charge in [-0.25, -0.2) is 0 Å². The second-order valence-electron chi connectivity index (χ2n) is 4.76. The van der Waals surface area contributed by atoms with Crippen LogP contribution in [-0.4, -0.2) is 27.9 Å². The van der Waals surface area contributed by atoms with E-state index in [-0.39, 0.29) is 17.3 Å². The molecule has 1 aromatic rings. The van der Waals surface area contributed by atoms with Crippen LogP contribution in [-0.2, 0) is 4.79 Å². The van der Waals surface area contributed by atoms with E-state index >= 15 is 0 Å². The lowest BCUT2D eigenvalue weighted by atomic mass is 10.0. The summed E-state index contributed by atoms with van der Waals surface area (Å²) in [5.74, 6) is -1.87. The number of non-ortho nitro benzene ring substituents is 1. The molecule has 0 heterocycles. The molecule has 2 atom stereocenters. The smallest absolute Gasteiger partial charge is 0.308 e. The number of carboxylic acid groups (broad SMARTS) is 1. The van der Waals surface area contributed by atoms with Crippen molar-refractivity contribution in [1.29, 1.82) is 0 Å². The molecule has 1 aromatic carbocycles. The van der Waals surface area contributed by atoms with Gasteiger partial charge in [0.05, 0.1) is 10.8 Å². The van der Waals surface area contributed by atoms with Crippen LogP contribution in [0.1, 0.15) is 29.6 Å². The average molecular weight is 278 g/mol. The molecule has 0 saturated heterocycles. The number of nitrogens with one attached hydrogen (secondary N) is 1. The van der Waals surface area contributed by atoms with Crippen molar-refractivity contribution >= 4 is 17.6 Å². The number of hydrogen-bond donors (Lipinski definition) is 2. The van der Waals surface area contributed by atoms with E-state index in [1.54, 1.807) is 0 Å². The largest absolute Gasteiger partial charge is 0.481 e. The van der Waals surface area contributed by atoms with E-state index in [4.69, 9.17) is 5.11 Å². The highest BCUT2D eigenvalue weighted by Crippen LogP contribution is 2.26. The Kier molecular flexibility index (Phi) is 3.97. The van der Waals surface area contributed by atoms with Crippen molar-refractivity contribution in [2.24, 2.45) is 5.92 Å². The van der Waals surface area contributed by atoms with Crippen LogP contribution in [0.5, 0.6) is 0 Å². The lowest BCUT2D eigenvalue weighted by Crippen LogP contribution is -2.40. The van der Waals surface area contributed by atoms with Crippen LogP contribution in [0.2, 0.25) is 0 Å². The number of benzene rings is 1. The molecule has 1 amide bonds. The Bertz CT molecular complexity index is 540. The summed E-state index contributed by atoms with van der Waals surface area (Å²) in [6.45, 7) is 0. The van der Waals surface area contributed by atoms with Gasteiger partial charge in [0.15, 0.2) is 0 Å². The third kappa shape index (κ3) is 2.93. The molecule has 20 heavy (non-hydrogen) atoms. The highest BCUT2D eigenvalue weighted by Gasteiger charge is 2.33. The summed E-state index contributed by atoms with van der Waals surface area (Å²) < 4.78 is 0. The van der Waals surface area contributed by atoms with E-state index in [9.17, 15) is 19.7 Å². The molecule has 0 bridgehead atoms. The molecule has 0 unspecified atom stereocenters. The first-order chi connectivity index (χ1) is 9.49. The molecule has 2 rings (SSSR count). The van der Waals surface area contributed by atoms with Crippen LogP contribution < -0.4 is 5.32 Å². The summed E-state index contributed by atoms with van der Waals surface area (Å²) >= 11 is 0. The average Bonchev–Trinajstić information content (AvgIpc) is 2.87. The Morgan fingerprint density at radius 1 is 1.25 bits per heavy atom. The standard InChI is InChI=1S/C13H14N2O5/c16-12(8-4-6-9(7-5-8)15(19)20)14-11-3-1-2-10(11)13(17)18/h4-7,10-11H,1-3H2,(H,14,16)(H,17,18)/t10-,11+/m1/s1. The fourth-order valence-electron chi connectivity index (χ4n) is 2.41. The fraction of sp³-hybridized carbons (Fsp3) is 0.385. The number of aliphatic carboxylic acids is 1. The summed E-state index contributed by atoms with van der Waals surface area (Å²) in [5, 5.41) is 22.2. The number of amides is 1. The zero-order chi connectivity index (χ0) is 14.7. The maximum Gasteiger partial charge on any atom is 0.308 e. The van der Waals surface area contributed by atoms with Crippen molar-refractivity contribution < 1.29 is 19.6 Å². The predicted octanol–water partition coefficient (Wildman–Crippen LogP) is 1.58. The van der Waals surface area contributed by atoms with Crippen molar-refractivity contribution in [2.75, 3.05) is 0 Å². The van der Waals surface area contributed by atoms with Gasteiger partial charge in [0.2, 0.25) is 0 Å². The summed E-state index contributed by atoms with van der Waals surface area (Å²) in [6, 6.07) is 4.84. The van der Waals surface area contributed by atoms with Crippen molar-refractivity contribution in [3.05, 3.63) is 39.9 Å². The lowest BCUT2D eigenvalue weighted by Gasteiger charge is -2.17. The molecule has 1 saturated carbocycles.